The molecular weight excluding hydrogens is 451 g/mol. The zero-order chi connectivity index (χ0) is 24.0. The molecule has 178 valence electrons. The molecule has 1 unspecified atom stereocenters. The average molecular weight is 473 g/mol. The Labute approximate surface area is 191 Å². The van der Waals surface area contributed by atoms with Crippen molar-refractivity contribution in [2.24, 2.45) is 0 Å². The molecule has 3 aromatic heterocycles. The average Bonchev–Trinajstić information content (AvgIpc) is 3.45. The number of ether oxygens (including phenoxy) is 1. The number of fused-ring (bicyclic) bond motifs is 1. The van der Waals surface area contributed by atoms with Gasteiger partial charge in [-0.05, 0) is 31.7 Å². The van der Waals surface area contributed by atoms with Crippen LogP contribution in [0, 0.1) is 6.92 Å². The van der Waals surface area contributed by atoms with Crippen molar-refractivity contribution >= 4 is 5.65 Å². The summed E-state index contributed by atoms with van der Waals surface area (Å²) in [5.74, 6) is 0.308. The second kappa shape index (κ2) is 8.39. The van der Waals surface area contributed by atoms with Gasteiger partial charge in [0.2, 0.25) is 5.89 Å². The third-order valence-corrected chi connectivity index (χ3v) is 6.27. The van der Waals surface area contributed by atoms with E-state index in [2.05, 4.69) is 20.3 Å². The zero-order valence-electron chi connectivity index (χ0n) is 18.5. The van der Waals surface area contributed by atoms with Crippen LogP contribution < -0.4 is 5.56 Å². The molecule has 0 radical (unpaired) electrons. The standard InChI is InChI=1S/C23H22F3N5O3/c1-12-16(21-29-28-20(34-21)14-9-6-10-15(11-14)33-2)22(32)31-19(27-12)17(13-7-4-3-5-8-13)18(30-31)23(24,25)26/h3-5,7-8,14-15,30H,6,9-11H2,1-2H3/t14?,15-/m0/s1. The van der Waals surface area contributed by atoms with Crippen LogP contribution in [0.2, 0.25) is 0 Å². The first-order valence-corrected chi connectivity index (χ1v) is 10.9. The van der Waals surface area contributed by atoms with Gasteiger partial charge in [0.05, 0.1) is 17.4 Å². The SMILES string of the molecule is CO[C@H]1CCCC(c2nnc(-c3c(C)nc4c(-c5ccccc5)c(C(F)(F)F)[nH]n4c3=O)o2)C1. The number of hydrogen-bond acceptors (Lipinski definition) is 6. The summed E-state index contributed by atoms with van der Waals surface area (Å²) < 4.78 is 53.7. The molecule has 1 aliphatic carbocycles. The Morgan fingerprint density at radius 1 is 1.15 bits per heavy atom. The monoisotopic (exact) mass is 473 g/mol. The predicted octanol–water partition coefficient (Wildman–Crippen LogP) is 4.74. The van der Waals surface area contributed by atoms with Crippen molar-refractivity contribution < 1.29 is 22.3 Å². The van der Waals surface area contributed by atoms with Gasteiger partial charge < -0.3 is 9.15 Å². The lowest BCUT2D eigenvalue weighted by Crippen LogP contribution is -2.20. The number of H-pyrrole nitrogens is 1. The number of nitrogens with zero attached hydrogens (tertiary/aromatic N) is 4. The molecule has 1 aromatic carbocycles. The number of alkyl halides is 3. The minimum atomic E-state index is -4.73. The fourth-order valence-corrected chi connectivity index (χ4v) is 4.59. The van der Waals surface area contributed by atoms with Gasteiger partial charge in [-0.1, -0.05) is 36.8 Å². The molecule has 0 amide bonds. The molecule has 0 spiro atoms. The van der Waals surface area contributed by atoms with E-state index in [1.165, 1.54) is 19.1 Å². The summed E-state index contributed by atoms with van der Waals surface area (Å²) in [6, 6.07) is 8.02. The van der Waals surface area contributed by atoms with Crippen LogP contribution in [0.25, 0.3) is 28.2 Å². The molecular formula is C23H22F3N5O3. The van der Waals surface area contributed by atoms with Gasteiger partial charge in [0.25, 0.3) is 11.4 Å². The minimum Gasteiger partial charge on any atom is -0.420 e. The molecule has 1 saturated carbocycles. The van der Waals surface area contributed by atoms with Gasteiger partial charge in [-0.2, -0.15) is 17.7 Å². The molecule has 1 N–H and O–H groups in total. The molecule has 1 fully saturated rings. The second-order valence-corrected chi connectivity index (χ2v) is 8.43. The van der Waals surface area contributed by atoms with Crippen LogP contribution in [0.4, 0.5) is 13.2 Å². The van der Waals surface area contributed by atoms with Crippen molar-refractivity contribution in [1.29, 1.82) is 0 Å². The summed E-state index contributed by atoms with van der Waals surface area (Å²) in [7, 11) is 1.66. The van der Waals surface area contributed by atoms with Crippen LogP contribution in [0.3, 0.4) is 0 Å². The van der Waals surface area contributed by atoms with Crippen LogP contribution in [-0.2, 0) is 10.9 Å². The lowest BCUT2D eigenvalue weighted by Gasteiger charge is -2.25. The second-order valence-electron chi connectivity index (χ2n) is 8.43. The minimum absolute atomic E-state index is 0.00768. The Balaban J connectivity index is 1.64. The van der Waals surface area contributed by atoms with Gasteiger partial charge >= 0.3 is 6.18 Å². The molecule has 34 heavy (non-hydrogen) atoms. The first-order chi connectivity index (χ1) is 16.3. The molecule has 1 aliphatic rings. The molecule has 11 heteroatoms. The smallest absolute Gasteiger partial charge is 0.420 e. The van der Waals surface area contributed by atoms with Gasteiger partial charge in [-0.15, -0.1) is 10.2 Å². The van der Waals surface area contributed by atoms with Crippen molar-refractivity contribution in [3.8, 4) is 22.6 Å². The largest absolute Gasteiger partial charge is 0.433 e. The maximum absolute atomic E-state index is 13.9. The Bertz CT molecular complexity index is 1390. The number of benzene rings is 1. The molecule has 3 heterocycles. The lowest BCUT2D eigenvalue weighted by atomic mass is 9.87. The van der Waals surface area contributed by atoms with Crippen LogP contribution in [-0.4, -0.2) is 38.0 Å². The number of hydrogen-bond donors (Lipinski definition) is 1. The third kappa shape index (κ3) is 3.79. The van der Waals surface area contributed by atoms with Gasteiger partial charge in [-0.3, -0.25) is 9.89 Å². The normalized spacial score (nSPS) is 19.1. The number of halogens is 3. The fourth-order valence-electron chi connectivity index (χ4n) is 4.59. The van der Waals surface area contributed by atoms with E-state index in [1.807, 2.05) is 0 Å². The van der Waals surface area contributed by atoms with Crippen LogP contribution >= 0.6 is 0 Å². The summed E-state index contributed by atoms with van der Waals surface area (Å²) in [4.78, 5) is 17.7. The number of aromatic nitrogens is 5. The molecule has 4 aromatic rings. The number of aryl methyl sites for hydroxylation is 1. The number of methoxy groups -OCH3 is 1. The van der Waals surface area contributed by atoms with Crippen molar-refractivity contribution in [2.75, 3.05) is 7.11 Å². The summed E-state index contributed by atoms with van der Waals surface area (Å²) >= 11 is 0. The van der Waals surface area contributed by atoms with Crippen molar-refractivity contribution in [3.63, 3.8) is 0 Å². The maximum atomic E-state index is 13.9. The highest BCUT2D eigenvalue weighted by Crippen LogP contribution is 2.39. The van der Waals surface area contributed by atoms with E-state index in [4.69, 9.17) is 9.15 Å². The van der Waals surface area contributed by atoms with Crippen molar-refractivity contribution in [1.82, 2.24) is 24.8 Å². The van der Waals surface area contributed by atoms with E-state index in [0.717, 1.165) is 30.2 Å². The highest BCUT2D eigenvalue weighted by molar-refractivity contribution is 5.81. The van der Waals surface area contributed by atoms with Crippen LogP contribution in [0.1, 0.15) is 48.9 Å². The van der Waals surface area contributed by atoms with E-state index in [-0.39, 0.29) is 45.9 Å². The fraction of sp³-hybridized carbons (Fsp3) is 0.391. The van der Waals surface area contributed by atoms with E-state index in [1.54, 1.807) is 25.3 Å². The Kier molecular flexibility index (Phi) is 5.51. The topological polar surface area (TPSA) is 98.3 Å². The molecule has 0 aliphatic heterocycles. The third-order valence-electron chi connectivity index (χ3n) is 6.27. The first-order valence-electron chi connectivity index (χ1n) is 10.9. The van der Waals surface area contributed by atoms with Crippen LogP contribution in [0.15, 0.2) is 39.5 Å². The van der Waals surface area contributed by atoms with E-state index >= 15 is 0 Å². The highest BCUT2D eigenvalue weighted by Gasteiger charge is 2.38. The van der Waals surface area contributed by atoms with E-state index in [9.17, 15) is 18.0 Å². The Morgan fingerprint density at radius 3 is 2.62 bits per heavy atom. The number of nitrogens with one attached hydrogen (secondary N) is 1. The van der Waals surface area contributed by atoms with Gasteiger partial charge in [0.15, 0.2) is 5.65 Å². The zero-order valence-corrected chi connectivity index (χ0v) is 18.5. The van der Waals surface area contributed by atoms with Gasteiger partial charge in [-0.25, -0.2) is 4.98 Å². The summed E-state index contributed by atoms with van der Waals surface area (Å²) in [5.41, 5.74) is -1.67. The van der Waals surface area contributed by atoms with E-state index in [0.29, 0.717) is 5.89 Å². The molecule has 2 atom stereocenters. The molecule has 5 rings (SSSR count). The summed E-state index contributed by atoms with van der Waals surface area (Å²) in [5, 5.41) is 10.4. The van der Waals surface area contributed by atoms with Gasteiger partial charge in [0, 0.05) is 13.0 Å². The van der Waals surface area contributed by atoms with Crippen LogP contribution in [0.5, 0.6) is 0 Å². The first kappa shape index (κ1) is 22.3. The number of rotatable bonds is 4. The maximum Gasteiger partial charge on any atom is 0.433 e. The summed E-state index contributed by atoms with van der Waals surface area (Å²) in [6.45, 7) is 1.54. The quantitative estimate of drug-likeness (QED) is 0.460. The van der Waals surface area contributed by atoms with Crippen molar-refractivity contribution in [3.05, 3.63) is 58.0 Å². The van der Waals surface area contributed by atoms with Crippen molar-refractivity contribution in [2.45, 2.75) is 50.8 Å². The molecule has 0 bridgehead atoms. The highest BCUT2D eigenvalue weighted by atomic mass is 19.4. The number of aromatic amines is 1. The molecule has 8 nitrogen and oxygen atoms in total. The Morgan fingerprint density at radius 2 is 1.91 bits per heavy atom. The van der Waals surface area contributed by atoms with E-state index < -0.39 is 17.4 Å². The predicted molar refractivity (Wildman–Crippen MR) is 116 cm³/mol. The van der Waals surface area contributed by atoms with Gasteiger partial charge in [0.1, 0.15) is 11.3 Å². The molecule has 0 saturated heterocycles. The lowest BCUT2D eigenvalue weighted by molar-refractivity contribution is -0.140. The summed E-state index contributed by atoms with van der Waals surface area (Å²) in [6.07, 6.45) is -1.16. The Hall–Kier alpha value is -3.47.